The van der Waals surface area contributed by atoms with E-state index in [1.54, 1.807) is 16.9 Å². The molecule has 0 saturated heterocycles. The summed E-state index contributed by atoms with van der Waals surface area (Å²) in [4.78, 5) is 10.5. The third-order valence-corrected chi connectivity index (χ3v) is 1.76. The van der Waals surface area contributed by atoms with Crippen molar-refractivity contribution in [2.75, 3.05) is 0 Å². The van der Waals surface area contributed by atoms with E-state index in [0.717, 1.165) is 19.4 Å². The molecule has 0 aliphatic carbocycles. The van der Waals surface area contributed by atoms with Gasteiger partial charge in [0.25, 0.3) is 0 Å². The first kappa shape index (κ1) is 9.64. The monoisotopic (exact) mass is 181 g/mol. The summed E-state index contributed by atoms with van der Waals surface area (Å²) >= 11 is 0. The minimum atomic E-state index is -0.935. The number of aromatic carboxylic acids is 1. The Morgan fingerprint density at radius 1 is 1.69 bits per heavy atom. The van der Waals surface area contributed by atoms with Gasteiger partial charge >= 0.3 is 5.97 Å². The number of hydrogen-bond donors (Lipinski definition) is 1. The molecule has 4 nitrogen and oxygen atoms in total. The average molecular weight is 181 g/mol. The van der Waals surface area contributed by atoms with E-state index in [9.17, 15) is 4.79 Å². The second kappa shape index (κ2) is 4.54. The first-order valence-electron chi connectivity index (χ1n) is 4.33. The minimum absolute atomic E-state index is 0.229. The van der Waals surface area contributed by atoms with Crippen molar-refractivity contribution in [3.05, 3.63) is 24.0 Å². The molecule has 1 rings (SSSR count). The lowest BCUT2D eigenvalue weighted by atomic mass is 10.3. The van der Waals surface area contributed by atoms with Gasteiger partial charge in [-0.2, -0.15) is 0 Å². The highest BCUT2D eigenvalue weighted by molar-refractivity contribution is 5.86. The van der Waals surface area contributed by atoms with Gasteiger partial charge in [0.2, 0.25) is 0 Å². The summed E-state index contributed by atoms with van der Waals surface area (Å²) in [5.74, 6) is -0.935. The molecule has 0 aliphatic heterocycles. The van der Waals surface area contributed by atoms with E-state index < -0.39 is 5.97 Å². The minimum Gasteiger partial charge on any atom is -0.478 e. The molecule has 1 N–H and O–H groups in total. The fourth-order valence-corrected chi connectivity index (χ4v) is 0.963. The van der Waals surface area contributed by atoms with Crippen LogP contribution in [0.2, 0.25) is 0 Å². The van der Waals surface area contributed by atoms with Gasteiger partial charge in [-0.1, -0.05) is 18.0 Å². The van der Waals surface area contributed by atoms with Gasteiger partial charge in [0.05, 0.1) is 5.56 Å². The maximum absolute atomic E-state index is 10.5. The van der Waals surface area contributed by atoms with E-state index in [2.05, 4.69) is 12.0 Å². The second-order valence-corrected chi connectivity index (χ2v) is 2.84. The molecule has 13 heavy (non-hydrogen) atoms. The van der Waals surface area contributed by atoms with Gasteiger partial charge in [-0.3, -0.25) is 0 Å². The lowest BCUT2D eigenvalue weighted by molar-refractivity contribution is -0.754. The smallest absolute Gasteiger partial charge is 0.337 e. The Labute approximate surface area is 76.8 Å². The highest BCUT2D eigenvalue weighted by Crippen LogP contribution is 1.92. The maximum atomic E-state index is 10.5. The number of aromatic nitrogens is 2. The molecular formula is C9H13N2O2+. The fraction of sp³-hybridized carbons (Fsp3) is 0.444. The Balaban J connectivity index is 2.64. The molecule has 1 aromatic rings. The Morgan fingerprint density at radius 3 is 2.92 bits per heavy atom. The summed E-state index contributed by atoms with van der Waals surface area (Å²) in [6, 6.07) is 1.56. The SMILES string of the molecule is CCCC[n+]1ccc(C(=O)O)cn1. The number of rotatable bonds is 4. The van der Waals surface area contributed by atoms with Gasteiger partial charge in [0.15, 0.2) is 12.7 Å². The molecule has 70 valence electrons. The van der Waals surface area contributed by atoms with Crippen LogP contribution in [0.3, 0.4) is 0 Å². The second-order valence-electron chi connectivity index (χ2n) is 2.84. The standard InChI is InChI=1S/C9H12N2O2/c1-2-3-5-11-6-4-8(7-10-11)9(12)13/h4,6-7H,2-3,5H2,1H3/p+1. The number of hydrogen-bond acceptors (Lipinski definition) is 2. The number of unbranched alkanes of at least 4 members (excludes halogenated alkanes) is 1. The largest absolute Gasteiger partial charge is 0.478 e. The highest BCUT2D eigenvalue weighted by atomic mass is 16.4. The number of nitrogens with zero attached hydrogens (tertiary/aromatic N) is 2. The molecular weight excluding hydrogens is 168 g/mol. The summed E-state index contributed by atoms with van der Waals surface area (Å²) in [6.07, 6.45) is 5.23. The quantitative estimate of drug-likeness (QED) is 0.701. The van der Waals surface area contributed by atoms with E-state index in [1.165, 1.54) is 6.20 Å². The Morgan fingerprint density at radius 2 is 2.46 bits per heavy atom. The predicted molar refractivity (Wildman–Crippen MR) is 46.3 cm³/mol. The number of carboxylic acid groups (broad SMARTS) is 1. The predicted octanol–water partition coefficient (Wildman–Crippen LogP) is 0.867. The first-order chi connectivity index (χ1) is 6.24. The van der Waals surface area contributed by atoms with Crippen LogP contribution in [0.15, 0.2) is 18.5 Å². The Hall–Kier alpha value is -1.45. The van der Waals surface area contributed by atoms with Gasteiger partial charge in [-0.15, -0.1) is 0 Å². The molecule has 0 aromatic carbocycles. The van der Waals surface area contributed by atoms with Crippen LogP contribution in [0.1, 0.15) is 30.1 Å². The highest BCUT2D eigenvalue weighted by Gasteiger charge is 2.06. The topological polar surface area (TPSA) is 54.1 Å². The fourth-order valence-electron chi connectivity index (χ4n) is 0.963. The molecule has 0 spiro atoms. The summed E-state index contributed by atoms with van der Waals surface area (Å²) in [5, 5.41) is 12.6. The van der Waals surface area contributed by atoms with Crippen LogP contribution in [-0.4, -0.2) is 16.2 Å². The molecule has 4 heteroatoms. The van der Waals surface area contributed by atoms with Crippen molar-refractivity contribution in [3.63, 3.8) is 0 Å². The third-order valence-electron chi connectivity index (χ3n) is 1.76. The van der Waals surface area contributed by atoms with Crippen LogP contribution in [-0.2, 0) is 6.54 Å². The van der Waals surface area contributed by atoms with Crippen molar-refractivity contribution in [1.29, 1.82) is 0 Å². The maximum Gasteiger partial charge on any atom is 0.337 e. The molecule has 0 atom stereocenters. The molecule has 0 fully saturated rings. The molecule has 0 bridgehead atoms. The molecule has 1 heterocycles. The Bertz CT molecular complexity index is 282. The van der Waals surface area contributed by atoms with Gasteiger partial charge in [-0.25, -0.2) is 4.79 Å². The number of aryl methyl sites for hydroxylation is 1. The summed E-state index contributed by atoms with van der Waals surface area (Å²) in [5.41, 5.74) is 0.229. The van der Waals surface area contributed by atoms with Gasteiger partial charge in [0.1, 0.15) is 6.20 Å². The van der Waals surface area contributed by atoms with E-state index in [0.29, 0.717) is 0 Å². The average Bonchev–Trinajstić information content (AvgIpc) is 2.15. The number of carboxylic acids is 1. The zero-order chi connectivity index (χ0) is 9.68. The molecule has 0 saturated carbocycles. The molecule has 0 unspecified atom stereocenters. The summed E-state index contributed by atoms with van der Waals surface area (Å²) in [7, 11) is 0. The van der Waals surface area contributed by atoms with E-state index >= 15 is 0 Å². The van der Waals surface area contributed by atoms with E-state index in [1.807, 2.05) is 0 Å². The normalized spacial score (nSPS) is 9.92. The van der Waals surface area contributed by atoms with Crippen LogP contribution in [0.25, 0.3) is 0 Å². The molecule has 0 radical (unpaired) electrons. The van der Waals surface area contributed by atoms with Crippen LogP contribution in [0.5, 0.6) is 0 Å². The zero-order valence-electron chi connectivity index (χ0n) is 7.60. The lowest BCUT2D eigenvalue weighted by Gasteiger charge is -1.92. The lowest BCUT2D eigenvalue weighted by Crippen LogP contribution is -2.37. The Kier molecular flexibility index (Phi) is 3.37. The van der Waals surface area contributed by atoms with Crippen LogP contribution >= 0.6 is 0 Å². The van der Waals surface area contributed by atoms with Gasteiger partial charge in [-0.05, 0) is 5.10 Å². The molecule has 1 aromatic heterocycles. The van der Waals surface area contributed by atoms with Gasteiger partial charge < -0.3 is 5.11 Å². The van der Waals surface area contributed by atoms with E-state index in [4.69, 9.17) is 5.11 Å². The zero-order valence-corrected chi connectivity index (χ0v) is 7.60. The molecule has 0 amide bonds. The summed E-state index contributed by atoms with van der Waals surface area (Å²) in [6.45, 7) is 2.95. The van der Waals surface area contributed by atoms with Crippen molar-refractivity contribution < 1.29 is 14.6 Å². The van der Waals surface area contributed by atoms with Crippen LogP contribution in [0.4, 0.5) is 0 Å². The van der Waals surface area contributed by atoms with E-state index in [-0.39, 0.29) is 5.56 Å². The van der Waals surface area contributed by atoms with Crippen molar-refractivity contribution in [2.24, 2.45) is 0 Å². The van der Waals surface area contributed by atoms with Crippen LogP contribution < -0.4 is 4.68 Å². The van der Waals surface area contributed by atoms with Crippen molar-refractivity contribution >= 4 is 5.97 Å². The third kappa shape index (κ3) is 2.82. The van der Waals surface area contributed by atoms with Crippen LogP contribution in [0, 0.1) is 0 Å². The summed E-state index contributed by atoms with van der Waals surface area (Å²) < 4.78 is 1.75. The van der Waals surface area contributed by atoms with Gasteiger partial charge in [0, 0.05) is 12.5 Å². The van der Waals surface area contributed by atoms with Crippen molar-refractivity contribution in [3.8, 4) is 0 Å². The number of carbonyl (C=O) groups is 1. The first-order valence-corrected chi connectivity index (χ1v) is 4.33. The van der Waals surface area contributed by atoms with Crippen molar-refractivity contribution in [1.82, 2.24) is 5.10 Å². The molecule has 0 aliphatic rings. The van der Waals surface area contributed by atoms with Crippen molar-refractivity contribution in [2.45, 2.75) is 26.3 Å².